The summed E-state index contributed by atoms with van der Waals surface area (Å²) < 4.78 is 27.2. The van der Waals surface area contributed by atoms with Crippen molar-refractivity contribution in [2.75, 3.05) is 18.9 Å². The minimum atomic E-state index is -3.89. The Hall–Kier alpha value is -1.67. The number of rotatable bonds is 6. The molecule has 1 saturated carbocycles. The van der Waals surface area contributed by atoms with Crippen LogP contribution in [0.4, 0.5) is 11.4 Å². The molecule has 1 aliphatic carbocycles. The normalized spacial score (nSPS) is 16.0. The Morgan fingerprint density at radius 1 is 1.33 bits per heavy atom. The number of anilines is 1. The molecule has 8 heteroatoms. The maximum Gasteiger partial charge on any atom is 0.289 e. The highest BCUT2D eigenvalue weighted by Gasteiger charge is 2.27. The summed E-state index contributed by atoms with van der Waals surface area (Å²) in [7, 11) is -2.26. The second-order valence-electron chi connectivity index (χ2n) is 5.19. The molecule has 21 heavy (non-hydrogen) atoms. The van der Waals surface area contributed by atoms with Gasteiger partial charge in [0.1, 0.15) is 0 Å². The molecule has 0 aliphatic heterocycles. The van der Waals surface area contributed by atoms with E-state index in [9.17, 15) is 18.5 Å². The lowest BCUT2D eigenvalue weighted by atomic mass is 10.1. The van der Waals surface area contributed by atoms with Crippen LogP contribution < -0.4 is 10.0 Å². The monoisotopic (exact) mass is 313 g/mol. The molecule has 116 valence electrons. The zero-order valence-corrected chi connectivity index (χ0v) is 12.6. The Morgan fingerprint density at radius 2 is 2.00 bits per heavy atom. The molecule has 0 radical (unpaired) electrons. The standard InChI is InChI=1S/C13H19N3O4S/c1-14-11-6-7-12(16(17)18)13(8-11)21(19,20)15-9-10-4-2-3-5-10/h6-8,10,14-15H,2-5,9H2,1H3. The minimum absolute atomic E-state index is 0.294. The predicted octanol–water partition coefficient (Wildman–Crippen LogP) is 2.10. The largest absolute Gasteiger partial charge is 0.388 e. The van der Waals surface area contributed by atoms with Gasteiger partial charge >= 0.3 is 0 Å². The van der Waals surface area contributed by atoms with Gasteiger partial charge in [-0.2, -0.15) is 0 Å². The summed E-state index contributed by atoms with van der Waals surface area (Å²) in [5.74, 6) is 0.325. The van der Waals surface area contributed by atoms with Crippen LogP contribution in [0.1, 0.15) is 25.7 Å². The lowest BCUT2D eigenvalue weighted by molar-refractivity contribution is -0.387. The van der Waals surface area contributed by atoms with E-state index >= 15 is 0 Å². The Kier molecular flexibility index (Phi) is 4.79. The molecule has 1 aliphatic rings. The molecule has 2 N–H and O–H groups in total. The van der Waals surface area contributed by atoms with Crippen LogP contribution in [-0.2, 0) is 10.0 Å². The molecule has 1 fully saturated rings. The van der Waals surface area contributed by atoms with E-state index in [4.69, 9.17) is 0 Å². The maximum absolute atomic E-state index is 12.3. The lowest BCUT2D eigenvalue weighted by Crippen LogP contribution is -2.29. The van der Waals surface area contributed by atoms with E-state index in [-0.39, 0.29) is 4.90 Å². The Labute approximate surface area is 123 Å². The molecule has 2 rings (SSSR count). The molecule has 0 bridgehead atoms. The van der Waals surface area contributed by atoms with E-state index in [1.807, 2.05) is 0 Å². The zero-order valence-electron chi connectivity index (χ0n) is 11.8. The molecule has 0 atom stereocenters. The minimum Gasteiger partial charge on any atom is -0.388 e. The fourth-order valence-electron chi connectivity index (χ4n) is 2.56. The van der Waals surface area contributed by atoms with E-state index in [0.717, 1.165) is 25.7 Å². The Morgan fingerprint density at radius 3 is 2.57 bits per heavy atom. The predicted molar refractivity (Wildman–Crippen MR) is 79.8 cm³/mol. The third-order valence-electron chi connectivity index (χ3n) is 3.77. The SMILES string of the molecule is CNc1ccc([N+](=O)[O-])c(S(=O)(=O)NCC2CCCC2)c1. The number of hydrogen-bond acceptors (Lipinski definition) is 5. The molecule has 1 aromatic rings. The average Bonchev–Trinajstić information content (AvgIpc) is 2.98. The van der Waals surface area contributed by atoms with Gasteiger partial charge in [0.2, 0.25) is 10.0 Å². The summed E-state index contributed by atoms with van der Waals surface area (Å²) in [5, 5.41) is 13.8. The highest BCUT2D eigenvalue weighted by atomic mass is 32.2. The first-order valence-electron chi connectivity index (χ1n) is 6.90. The van der Waals surface area contributed by atoms with Crippen LogP contribution in [0.3, 0.4) is 0 Å². The fraction of sp³-hybridized carbons (Fsp3) is 0.538. The Balaban J connectivity index is 2.26. The summed E-state index contributed by atoms with van der Waals surface area (Å²) >= 11 is 0. The van der Waals surface area contributed by atoms with Gasteiger partial charge < -0.3 is 5.32 Å². The molecule has 0 unspecified atom stereocenters. The van der Waals surface area contributed by atoms with Crippen molar-refractivity contribution in [1.82, 2.24) is 4.72 Å². The zero-order chi connectivity index (χ0) is 15.5. The van der Waals surface area contributed by atoms with Gasteiger partial charge in [-0.25, -0.2) is 13.1 Å². The van der Waals surface area contributed by atoms with Crippen molar-refractivity contribution in [3.05, 3.63) is 28.3 Å². The Bertz CT molecular complexity index is 624. The third-order valence-corrected chi connectivity index (χ3v) is 5.22. The molecule has 1 aromatic carbocycles. The van der Waals surface area contributed by atoms with Crippen LogP contribution in [0, 0.1) is 16.0 Å². The number of nitro groups is 1. The van der Waals surface area contributed by atoms with Gasteiger partial charge in [-0.05, 0) is 30.9 Å². The molecule has 0 saturated heterocycles. The topological polar surface area (TPSA) is 101 Å². The molecule has 0 spiro atoms. The van der Waals surface area contributed by atoms with Crippen molar-refractivity contribution in [3.63, 3.8) is 0 Å². The van der Waals surface area contributed by atoms with Crippen LogP contribution >= 0.6 is 0 Å². The van der Waals surface area contributed by atoms with Crippen molar-refractivity contribution in [3.8, 4) is 0 Å². The summed E-state index contributed by atoms with van der Waals surface area (Å²) in [6.45, 7) is 0.337. The first-order chi connectivity index (χ1) is 9.94. The molecule has 0 amide bonds. The summed E-state index contributed by atoms with van der Waals surface area (Å²) in [4.78, 5) is 10.1. The maximum atomic E-state index is 12.3. The number of nitro benzene ring substituents is 1. The highest BCUT2D eigenvalue weighted by molar-refractivity contribution is 7.89. The summed E-state index contributed by atoms with van der Waals surface area (Å²) in [6.07, 6.45) is 4.23. The van der Waals surface area contributed by atoms with Crippen LogP contribution in [-0.4, -0.2) is 26.9 Å². The number of sulfonamides is 1. The fourth-order valence-corrected chi connectivity index (χ4v) is 3.87. The van der Waals surface area contributed by atoms with Crippen molar-refractivity contribution >= 4 is 21.4 Å². The first-order valence-corrected chi connectivity index (χ1v) is 8.38. The van der Waals surface area contributed by atoms with Gasteiger partial charge in [-0.1, -0.05) is 12.8 Å². The van der Waals surface area contributed by atoms with Crippen molar-refractivity contribution in [1.29, 1.82) is 0 Å². The van der Waals surface area contributed by atoms with E-state index in [2.05, 4.69) is 10.0 Å². The van der Waals surface area contributed by atoms with Crippen LogP contribution in [0.2, 0.25) is 0 Å². The van der Waals surface area contributed by atoms with Gasteiger partial charge in [-0.15, -0.1) is 0 Å². The van der Waals surface area contributed by atoms with E-state index < -0.39 is 20.6 Å². The van der Waals surface area contributed by atoms with Crippen LogP contribution in [0.25, 0.3) is 0 Å². The molecular weight excluding hydrogens is 294 g/mol. The molecular formula is C13H19N3O4S. The van der Waals surface area contributed by atoms with Gasteiger partial charge in [0.15, 0.2) is 4.90 Å². The smallest absolute Gasteiger partial charge is 0.289 e. The van der Waals surface area contributed by atoms with Crippen molar-refractivity contribution in [2.45, 2.75) is 30.6 Å². The van der Waals surface area contributed by atoms with Crippen LogP contribution in [0.5, 0.6) is 0 Å². The second-order valence-corrected chi connectivity index (χ2v) is 6.93. The first kappa shape index (κ1) is 15.7. The number of hydrogen-bond donors (Lipinski definition) is 2. The second kappa shape index (κ2) is 6.40. The lowest BCUT2D eigenvalue weighted by Gasteiger charge is -2.12. The molecule has 0 heterocycles. The van der Waals surface area contributed by atoms with E-state index in [1.165, 1.54) is 18.2 Å². The van der Waals surface area contributed by atoms with E-state index in [1.54, 1.807) is 7.05 Å². The number of nitrogens with one attached hydrogen (secondary N) is 2. The molecule has 7 nitrogen and oxygen atoms in total. The quantitative estimate of drug-likeness (QED) is 0.618. The number of nitrogens with zero attached hydrogens (tertiary/aromatic N) is 1. The van der Waals surface area contributed by atoms with Gasteiger partial charge in [0, 0.05) is 25.3 Å². The van der Waals surface area contributed by atoms with Gasteiger partial charge in [-0.3, -0.25) is 10.1 Å². The molecule has 0 aromatic heterocycles. The van der Waals surface area contributed by atoms with Crippen molar-refractivity contribution < 1.29 is 13.3 Å². The highest BCUT2D eigenvalue weighted by Crippen LogP contribution is 2.28. The van der Waals surface area contributed by atoms with Gasteiger partial charge in [0.25, 0.3) is 5.69 Å². The summed E-state index contributed by atoms with van der Waals surface area (Å²) in [5.41, 5.74) is 0.106. The average molecular weight is 313 g/mol. The van der Waals surface area contributed by atoms with Crippen LogP contribution in [0.15, 0.2) is 23.1 Å². The van der Waals surface area contributed by atoms with Crippen molar-refractivity contribution in [2.24, 2.45) is 5.92 Å². The van der Waals surface area contributed by atoms with Gasteiger partial charge in [0.05, 0.1) is 4.92 Å². The summed E-state index contributed by atoms with van der Waals surface area (Å²) in [6, 6.07) is 3.97. The van der Waals surface area contributed by atoms with E-state index in [0.29, 0.717) is 18.2 Å². The number of benzene rings is 1. The third kappa shape index (κ3) is 3.70.